The molecule has 4 nitrogen and oxygen atoms in total. The molecular weight excluding hydrogens is 297 g/mol. The lowest BCUT2D eigenvalue weighted by Gasteiger charge is -2.21. The van der Waals surface area contributed by atoms with Crippen LogP contribution in [0.1, 0.15) is 30.4 Å². The predicted molar refractivity (Wildman–Crippen MR) is 75.4 cm³/mol. The minimum atomic E-state index is -4.49. The summed E-state index contributed by atoms with van der Waals surface area (Å²) >= 11 is 0. The van der Waals surface area contributed by atoms with E-state index in [1.54, 1.807) is 0 Å². The highest BCUT2D eigenvalue weighted by molar-refractivity contribution is 5.51. The molecule has 1 aliphatic rings. The first-order valence-electron chi connectivity index (χ1n) is 6.92. The van der Waals surface area contributed by atoms with Crippen LogP contribution < -0.4 is 11.2 Å². The Hall–Kier alpha value is -1.75. The number of rotatable bonds is 3. The van der Waals surface area contributed by atoms with Gasteiger partial charge in [-0.05, 0) is 31.0 Å². The fourth-order valence-corrected chi connectivity index (χ4v) is 2.02. The molecule has 1 fully saturated rings. The number of benzene rings is 1. The Kier molecular flexibility index (Phi) is 5.66. The normalized spacial score (nSPS) is 18.6. The van der Waals surface area contributed by atoms with Crippen molar-refractivity contribution in [2.45, 2.75) is 31.7 Å². The van der Waals surface area contributed by atoms with Gasteiger partial charge in [0.15, 0.2) is 6.29 Å². The second-order valence-electron chi connectivity index (χ2n) is 4.84. The van der Waals surface area contributed by atoms with Gasteiger partial charge >= 0.3 is 6.18 Å². The zero-order valence-electron chi connectivity index (χ0n) is 11.9. The Bertz CT molecular complexity index is 558. The van der Waals surface area contributed by atoms with Gasteiger partial charge in [-0.3, -0.25) is 4.84 Å². The molecule has 1 aliphatic heterocycles. The maximum Gasteiger partial charge on any atom is 0.417 e. The third-order valence-electron chi connectivity index (χ3n) is 3.09. The van der Waals surface area contributed by atoms with Crippen LogP contribution >= 0.6 is 0 Å². The molecule has 3 N–H and O–H groups in total. The third kappa shape index (κ3) is 4.91. The number of ether oxygens (including phenoxy) is 1. The Balaban J connectivity index is 1.91. The summed E-state index contributed by atoms with van der Waals surface area (Å²) in [4.78, 5) is 5.22. The number of nitrogens with two attached hydrogens (primary N) is 1. The van der Waals surface area contributed by atoms with Gasteiger partial charge in [0.2, 0.25) is 0 Å². The van der Waals surface area contributed by atoms with Gasteiger partial charge in [0.05, 0.1) is 12.1 Å². The van der Waals surface area contributed by atoms with Crippen molar-refractivity contribution in [3.8, 4) is 11.8 Å². The first kappa shape index (κ1) is 16.6. The van der Waals surface area contributed by atoms with Crippen molar-refractivity contribution in [2.24, 2.45) is 0 Å². The van der Waals surface area contributed by atoms with Crippen molar-refractivity contribution >= 4 is 5.69 Å². The topological polar surface area (TPSA) is 56.5 Å². The smallest absolute Gasteiger partial charge is 0.399 e. The molecule has 1 aromatic carbocycles. The minimum absolute atomic E-state index is 0.0498. The summed E-state index contributed by atoms with van der Waals surface area (Å²) in [6.07, 6.45) is -1.98. The van der Waals surface area contributed by atoms with Crippen LogP contribution in [0.25, 0.3) is 0 Å². The zero-order chi connectivity index (χ0) is 16.0. The van der Waals surface area contributed by atoms with E-state index in [-0.39, 0.29) is 24.1 Å². The summed E-state index contributed by atoms with van der Waals surface area (Å²) in [6.45, 7) is 0.750. The SMILES string of the molecule is Nc1ccc(C#CCNOC2CCCCO2)c(C(F)(F)F)c1. The summed E-state index contributed by atoms with van der Waals surface area (Å²) in [5, 5.41) is 0. The summed E-state index contributed by atoms with van der Waals surface area (Å²) in [5.41, 5.74) is 7.08. The molecule has 120 valence electrons. The highest BCUT2D eigenvalue weighted by atomic mass is 19.4. The maximum absolute atomic E-state index is 12.9. The predicted octanol–water partition coefficient (Wildman–Crippen LogP) is 2.69. The van der Waals surface area contributed by atoms with Gasteiger partial charge in [0.1, 0.15) is 0 Å². The van der Waals surface area contributed by atoms with E-state index >= 15 is 0 Å². The highest BCUT2D eigenvalue weighted by Gasteiger charge is 2.33. The van der Waals surface area contributed by atoms with Crippen LogP contribution in [-0.2, 0) is 15.8 Å². The quantitative estimate of drug-likeness (QED) is 0.390. The van der Waals surface area contributed by atoms with Crippen LogP contribution in [0.5, 0.6) is 0 Å². The van der Waals surface area contributed by atoms with Crippen molar-refractivity contribution in [1.82, 2.24) is 5.48 Å². The Morgan fingerprint density at radius 3 is 2.86 bits per heavy atom. The Labute approximate surface area is 126 Å². The van der Waals surface area contributed by atoms with Gasteiger partial charge in [-0.15, -0.1) is 0 Å². The van der Waals surface area contributed by atoms with Crippen LogP contribution in [0.2, 0.25) is 0 Å². The fourth-order valence-electron chi connectivity index (χ4n) is 2.02. The first-order valence-corrected chi connectivity index (χ1v) is 6.92. The number of anilines is 1. The van der Waals surface area contributed by atoms with E-state index in [4.69, 9.17) is 15.3 Å². The highest BCUT2D eigenvalue weighted by Crippen LogP contribution is 2.32. The van der Waals surface area contributed by atoms with Gasteiger partial charge in [-0.1, -0.05) is 11.8 Å². The second kappa shape index (κ2) is 7.49. The molecule has 0 bridgehead atoms. The number of alkyl halides is 3. The molecule has 7 heteroatoms. The number of hydroxylamine groups is 1. The second-order valence-corrected chi connectivity index (χ2v) is 4.84. The third-order valence-corrected chi connectivity index (χ3v) is 3.09. The van der Waals surface area contributed by atoms with E-state index in [2.05, 4.69) is 17.3 Å². The number of nitrogen functional groups attached to an aromatic ring is 1. The Morgan fingerprint density at radius 2 is 2.18 bits per heavy atom. The van der Waals surface area contributed by atoms with Crippen molar-refractivity contribution in [1.29, 1.82) is 0 Å². The van der Waals surface area contributed by atoms with E-state index in [1.807, 2.05) is 0 Å². The van der Waals surface area contributed by atoms with E-state index in [1.165, 1.54) is 12.1 Å². The van der Waals surface area contributed by atoms with Crippen molar-refractivity contribution in [2.75, 3.05) is 18.9 Å². The van der Waals surface area contributed by atoms with E-state index in [0.717, 1.165) is 25.3 Å². The summed E-state index contributed by atoms with van der Waals surface area (Å²) in [5.74, 6) is 5.07. The summed E-state index contributed by atoms with van der Waals surface area (Å²) in [6, 6.07) is 3.53. The van der Waals surface area contributed by atoms with Crippen LogP contribution in [0, 0.1) is 11.8 Å². The molecule has 2 rings (SSSR count). The molecular formula is C15H17F3N2O2. The number of halogens is 3. The molecule has 22 heavy (non-hydrogen) atoms. The lowest BCUT2D eigenvalue weighted by Crippen LogP contribution is -2.29. The summed E-state index contributed by atoms with van der Waals surface area (Å²) < 4.78 is 43.9. The van der Waals surface area contributed by atoms with Gasteiger partial charge in [-0.25, -0.2) is 0 Å². The molecule has 0 spiro atoms. The fraction of sp³-hybridized carbons (Fsp3) is 0.467. The van der Waals surface area contributed by atoms with Gasteiger partial charge < -0.3 is 10.5 Å². The maximum atomic E-state index is 12.9. The van der Waals surface area contributed by atoms with Crippen LogP contribution in [0.15, 0.2) is 18.2 Å². The molecule has 1 aromatic rings. The molecule has 0 aromatic heterocycles. The zero-order valence-corrected chi connectivity index (χ0v) is 11.9. The van der Waals surface area contributed by atoms with Crippen molar-refractivity contribution < 1.29 is 22.7 Å². The minimum Gasteiger partial charge on any atom is -0.399 e. The van der Waals surface area contributed by atoms with Crippen molar-refractivity contribution in [3.63, 3.8) is 0 Å². The monoisotopic (exact) mass is 314 g/mol. The standard InChI is InChI=1S/C15H17F3N2O2/c16-15(17,18)13-10-12(19)7-6-11(13)4-3-8-20-22-14-5-1-2-9-21-14/h6-7,10,14,20H,1-2,5,8-9,19H2. The van der Waals surface area contributed by atoms with Crippen LogP contribution in [0.3, 0.4) is 0 Å². The largest absolute Gasteiger partial charge is 0.417 e. The lowest BCUT2D eigenvalue weighted by molar-refractivity contribution is -0.194. The molecule has 0 saturated carbocycles. The van der Waals surface area contributed by atoms with E-state index in [0.29, 0.717) is 6.61 Å². The average molecular weight is 314 g/mol. The lowest BCUT2D eigenvalue weighted by atomic mass is 10.1. The molecule has 1 unspecified atom stereocenters. The number of hydrogen-bond acceptors (Lipinski definition) is 4. The number of hydrogen-bond donors (Lipinski definition) is 2. The molecule has 1 saturated heterocycles. The van der Waals surface area contributed by atoms with Gasteiger partial charge in [0.25, 0.3) is 0 Å². The van der Waals surface area contributed by atoms with Crippen molar-refractivity contribution in [3.05, 3.63) is 29.3 Å². The van der Waals surface area contributed by atoms with Crippen LogP contribution in [0.4, 0.5) is 18.9 Å². The van der Waals surface area contributed by atoms with Gasteiger partial charge in [-0.2, -0.15) is 18.7 Å². The number of nitrogens with one attached hydrogen (secondary N) is 1. The molecule has 1 atom stereocenters. The van der Waals surface area contributed by atoms with Crippen LogP contribution in [-0.4, -0.2) is 19.4 Å². The average Bonchev–Trinajstić information content (AvgIpc) is 2.48. The molecule has 0 radical (unpaired) electrons. The molecule has 0 amide bonds. The van der Waals surface area contributed by atoms with E-state index in [9.17, 15) is 13.2 Å². The van der Waals surface area contributed by atoms with E-state index < -0.39 is 11.7 Å². The molecule has 0 aliphatic carbocycles. The van der Waals surface area contributed by atoms with Gasteiger partial charge in [0, 0.05) is 24.3 Å². The summed E-state index contributed by atoms with van der Waals surface area (Å²) in [7, 11) is 0. The Morgan fingerprint density at radius 1 is 1.36 bits per heavy atom. The first-order chi connectivity index (χ1) is 10.5. The molecule has 1 heterocycles.